The topological polar surface area (TPSA) is 60.9 Å². The number of likely N-dealkylation sites (N-methyl/N-ethyl adjacent to an activating group) is 1. The van der Waals surface area contributed by atoms with Crippen molar-refractivity contribution < 1.29 is 13.2 Å². The van der Waals surface area contributed by atoms with Crippen molar-refractivity contribution in [1.29, 1.82) is 0 Å². The van der Waals surface area contributed by atoms with Crippen molar-refractivity contribution in [3.63, 3.8) is 0 Å². The van der Waals surface area contributed by atoms with Crippen LogP contribution in [0.15, 0.2) is 53.4 Å². The summed E-state index contributed by atoms with van der Waals surface area (Å²) < 4.78 is 28.7. The van der Waals surface area contributed by atoms with Crippen molar-refractivity contribution in [3.05, 3.63) is 59.7 Å². The Balaban J connectivity index is 1.70. The normalized spacial score (nSPS) is 20.9. The Bertz CT molecular complexity index is 991. The van der Waals surface area contributed by atoms with Crippen molar-refractivity contribution in [3.8, 4) is 0 Å². The van der Waals surface area contributed by atoms with Crippen LogP contribution in [0.2, 0.25) is 0 Å². The molecule has 0 saturated carbocycles. The van der Waals surface area contributed by atoms with Gasteiger partial charge in [0.25, 0.3) is 0 Å². The van der Waals surface area contributed by atoms with Gasteiger partial charge in [-0.2, -0.15) is 4.31 Å². The molecule has 1 atom stereocenters. The molecule has 0 radical (unpaired) electrons. The number of piperazine rings is 1. The predicted molar refractivity (Wildman–Crippen MR) is 109 cm³/mol. The molecule has 2 aromatic carbocycles. The van der Waals surface area contributed by atoms with Crippen LogP contribution in [0, 0.1) is 0 Å². The van der Waals surface area contributed by atoms with E-state index in [9.17, 15) is 13.2 Å². The standard InChI is InChI=1S/C21H25N3O3S/c1-16(25)23-11-10-18-14-19(8-9-20(18)23)28(26,27)24-13-12-22(2)15-21(24)17-6-4-3-5-7-17/h3-9,14,21H,10-13,15H2,1-2H3. The minimum absolute atomic E-state index is 0.0161. The van der Waals surface area contributed by atoms with Crippen LogP contribution < -0.4 is 4.90 Å². The summed E-state index contributed by atoms with van der Waals surface area (Å²) in [6, 6.07) is 14.7. The number of sulfonamides is 1. The van der Waals surface area contributed by atoms with Crippen molar-refractivity contribution in [1.82, 2.24) is 9.21 Å². The van der Waals surface area contributed by atoms with Crippen LogP contribution in [0.4, 0.5) is 5.69 Å². The first kappa shape index (κ1) is 19.1. The number of amides is 1. The van der Waals surface area contributed by atoms with Crippen LogP contribution in [0.5, 0.6) is 0 Å². The Kier molecular flexibility index (Phi) is 4.99. The van der Waals surface area contributed by atoms with Gasteiger partial charge in [-0.25, -0.2) is 8.42 Å². The molecule has 2 aromatic rings. The van der Waals surface area contributed by atoms with Crippen molar-refractivity contribution in [2.45, 2.75) is 24.3 Å². The summed E-state index contributed by atoms with van der Waals surface area (Å²) in [4.78, 5) is 15.9. The molecule has 28 heavy (non-hydrogen) atoms. The van der Waals surface area contributed by atoms with Crippen molar-refractivity contribution in [2.24, 2.45) is 0 Å². The fourth-order valence-corrected chi connectivity index (χ4v) is 5.79. The van der Waals surface area contributed by atoms with Gasteiger partial charge in [-0.3, -0.25) is 4.79 Å². The molecule has 2 aliphatic rings. The molecule has 1 unspecified atom stereocenters. The van der Waals surface area contributed by atoms with Gasteiger partial charge in [-0.05, 0) is 42.8 Å². The van der Waals surface area contributed by atoms with Gasteiger partial charge in [0, 0.05) is 38.8 Å². The van der Waals surface area contributed by atoms with Crippen LogP contribution in [-0.2, 0) is 21.2 Å². The van der Waals surface area contributed by atoms with E-state index in [1.54, 1.807) is 27.4 Å². The lowest BCUT2D eigenvalue weighted by Gasteiger charge is -2.39. The predicted octanol–water partition coefficient (Wildman–Crippen LogP) is 2.27. The molecule has 0 aliphatic carbocycles. The smallest absolute Gasteiger partial charge is 0.243 e. The highest BCUT2D eigenvalue weighted by molar-refractivity contribution is 7.89. The Morgan fingerprint density at radius 3 is 2.50 bits per heavy atom. The Labute approximate surface area is 166 Å². The third-order valence-corrected chi connectivity index (χ3v) is 7.56. The van der Waals surface area contributed by atoms with E-state index in [1.165, 1.54) is 6.92 Å². The zero-order valence-electron chi connectivity index (χ0n) is 16.2. The lowest BCUT2D eigenvalue weighted by Crippen LogP contribution is -2.49. The maximum atomic E-state index is 13.5. The lowest BCUT2D eigenvalue weighted by atomic mass is 10.1. The average Bonchev–Trinajstić information content (AvgIpc) is 3.12. The van der Waals surface area contributed by atoms with Crippen LogP contribution in [-0.4, -0.2) is 56.8 Å². The summed E-state index contributed by atoms with van der Waals surface area (Å²) in [6.45, 7) is 3.96. The molecule has 6 nitrogen and oxygen atoms in total. The zero-order chi connectivity index (χ0) is 19.9. The summed E-state index contributed by atoms with van der Waals surface area (Å²) >= 11 is 0. The molecular formula is C21H25N3O3S. The second kappa shape index (κ2) is 7.31. The van der Waals surface area contributed by atoms with Gasteiger partial charge in [0.1, 0.15) is 0 Å². The molecule has 1 fully saturated rings. The maximum Gasteiger partial charge on any atom is 0.243 e. The summed E-state index contributed by atoms with van der Waals surface area (Å²) in [6.07, 6.45) is 0.684. The molecule has 2 aliphatic heterocycles. The largest absolute Gasteiger partial charge is 0.312 e. The fourth-order valence-electron chi connectivity index (χ4n) is 4.14. The fraction of sp³-hybridized carbons (Fsp3) is 0.381. The molecule has 0 aromatic heterocycles. The van der Waals surface area contributed by atoms with E-state index in [0.717, 1.165) is 16.8 Å². The van der Waals surface area contributed by atoms with Crippen molar-refractivity contribution >= 4 is 21.6 Å². The van der Waals surface area contributed by atoms with Gasteiger partial charge in [0.2, 0.25) is 15.9 Å². The highest BCUT2D eigenvalue weighted by atomic mass is 32.2. The van der Waals surface area contributed by atoms with Crippen LogP contribution in [0.25, 0.3) is 0 Å². The Morgan fingerprint density at radius 2 is 1.79 bits per heavy atom. The summed E-state index contributed by atoms with van der Waals surface area (Å²) in [7, 11) is -1.62. The van der Waals surface area contributed by atoms with Gasteiger partial charge in [0.15, 0.2) is 0 Å². The first-order valence-electron chi connectivity index (χ1n) is 9.54. The molecule has 1 amide bonds. The minimum Gasteiger partial charge on any atom is -0.312 e. The highest BCUT2D eigenvalue weighted by Gasteiger charge is 2.36. The number of carbonyl (C=O) groups is 1. The Hall–Kier alpha value is -2.22. The lowest BCUT2D eigenvalue weighted by molar-refractivity contribution is -0.116. The molecular weight excluding hydrogens is 374 g/mol. The van der Waals surface area contributed by atoms with Gasteiger partial charge in [-0.1, -0.05) is 30.3 Å². The summed E-state index contributed by atoms with van der Waals surface area (Å²) in [5, 5.41) is 0. The number of rotatable bonds is 3. The van der Waals surface area contributed by atoms with Gasteiger partial charge in [-0.15, -0.1) is 0 Å². The number of carbonyl (C=O) groups excluding carboxylic acids is 1. The number of nitrogens with zero attached hydrogens (tertiary/aromatic N) is 3. The van der Waals surface area contributed by atoms with Gasteiger partial charge < -0.3 is 9.80 Å². The molecule has 1 saturated heterocycles. The number of hydrogen-bond acceptors (Lipinski definition) is 4. The van der Waals surface area contributed by atoms with Crippen LogP contribution in [0.1, 0.15) is 24.1 Å². The van der Waals surface area contributed by atoms with E-state index in [0.29, 0.717) is 37.5 Å². The summed E-state index contributed by atoms with van der Waals surface area (Å²) in [5.41, 5.74) is 2.74. The monoisotopic (exact) mass is 399 g/mol. The number of anilines is 1. The zero-order valence-corrected chi connectivity index (χ0v) is 17.0. The number of hydrogen-bond donors (Lipinski definition) is 0. The molecule has 4 rings (SSSR count). The number of fused-ring (bicyclic) bond motifs is 1. The highest BCUT2D eigenvalue weighted by Crippen LogP contribution is 2.34. The van der Waals surface area contributed by atoms with E-state index < -0.39 is 10.0 Å². The van der Waals surface area contributed by atoms with Gasteiger partial charge >= 0.3 is 0 Å². The maximum absolute atomic E-state index is 13.5. The van der Waals surface area contributed by atoms with E-state index in [-0.39, 0.29) is 11.9 Å². The Morgan fingerprint density at radius 1 is 1.04 bits per heavy atom. The first-order chi connectivity index (χ1) is 13.4. The molecule has 0 N–H and O–H groups in total. The second-order valence-corrected chi connectivity index (χ2v) is 9.41. The second-order valence-electron chi connectivity index (χ2n) is 7.52. The molecule has 2 heterocycles. The first-order valence-corrected chi connectivity index (χ1v) is 11.0. The van der Waals surface area contributed by atoms with E-state index in [4.69, 9.17) is 0 Å². The van der Waals surface area contributed by atoms with Crippen LogP contribution >= 0.6 is 0 Å². The molecule has 7 heteroatoms. The van der Waals surface area contributed by atoms with E-state index >= 15 is 0 Å². The van der Waals surface area contributed by atoms with Gasteiger partial charge in [0.05, 0.1) is 10.9 Å². The van der Waals surface area contributed by atoms with E-state index in [2.05, 4.69) is 4.90 Å². The molecule has 0 bridgehead atoms. The van der Waals surface area contributed by atoms with E-state index in [1.807, 2.05) is 37.4 Å². The average molecular weight is 400 g/mol. The van der Waals surface area contributed by atoms with Crippen molar-refractivity contribution in [2.75, 3.05) is 38.1 Å². The number of benzene rings is 2. The molecule has 0 spiro atoms. The summed E-state index contributed by atoms with van der Waals surface area (Å²) in [5.74, 6) is -0.0161. The third kappa shape index (κ3) is 3.34. The quantitative estimate of drug-likeness (QED) is 0.794. The molecule has 148 valence electrons. The minimum atomic E-state index is -3.64. The third-order valence-electron chi connectivity index (χ3n) is 5.65. The SMILES string of the molecule is CC(=O)N1CCc2cc(S(=O)(=O)N3CCN(C)CC3c3ccccc3)ccc21. The van der Waals surface area contributed by atoms with Crippen LogP contribution in [0.3, 0.4) is 0 Å².